The van der Waals surface area contributed by atoms with E-state index in [4.69, 9.17) is 4.42 Å². The minimum Gasteiger partial charge on any atom is -0.456 e. The second kappa shape index (κ2) is 11.5. The molecule has 0 N–H and O–H groups in total. The van der Waals surface area contributed by atoms with Crippen LogP contribution in [0.5, 0.6) is 0 Å². The Bertz CT molecular complexity index is 3860. The summed E-state index contributed by atoms with van der Waals surface area (Å²) in [5.41, 5.74) is 20.1. The molecule has 10 aromatic carbocycles. The first-order valence-corrected chi connectivity index (χ1v) is 21.7. The molecule has 2 nitrogen and oxygen atoms in total. The van der Waals surface area contributed by atoms with E-state index in [0.717, 1.165) is 27.6 Å². The molecular weight excluding hydrogens is 751 g/mol. The van der Waals surface area contributed by atoms with E-state index in [1.807, 2.05) is 6.07 Å². The molecule has 2 heteroatoms. The Morgan fingerprint density at radius 2 is 0.790 bits per heavy atom. The van der Waals surface area contributed by atoms with Crippen LogP contribution in [0.4, 0.5) is 0 Å². The lowest BCUT2D eigenvalue weighted by molar-refractivity contribution is 0.634. The van der Waals surface area contributed by atoms with E-state index in [1.54, 1.807) is 0 Å². The Morgan fingerprint density at radius 3 is 1.40 bits per heavy atom. The van der Waals surface area contributed by atoms with Gasteiger partial charge in [-0.2, -0.15) is 0 Å². The van der Waals surface area contributed by atoms with E-state index < -0.39 is 10.8 Å². The summed E-state index contributed by atoms with van der Waals surface area (Å²) >= 11 is 0. The Kier molecular flexibility index (Phi) is 6.07. The molecule has 286 valence electrons. The van der Waals surface area contributed by atoms with Crippen molar-refractivity contribution in [2.24, 2.45) is 0 Å². The number of rotatable bonds is 1. The molecule has 2 spiro atoms. The van der Waals surface area contributed by atoms with E-state index >= 15 is 0 Å². The van der Waals surface area contributed by atoms with Crippen LogP contribution in [-0.2, 0) is 10.8 Å². The highest BCUT2D eigenvalue weighted by atomic mass is 16.3. The molecule has 0 unspecified atom stereocenters. The number of furan rings is 1. The summed E-state index contributed by atoms with van der Waals surface area (Å²) in [6, 6.07) is 80.1. The van der Waals surface area contributed by atoms with Crippen LogP contribution in [0.3, 0.4) is 0 Å². The number of fused-ring (bicyclic) bond motifs is 24. The maximum absolute atomic E-state index is 6.40. The van der Waals surface area contributed by atoms with Crippen LogP contribution >= 0.6 is 0 Å². The molecule has 3 aliphatic rings. The molecule has 0 saturated carbocycles. The van der Waals surface area contributed by atoms with Gasteiger partial charge in [-0.15, -0.1) is 0 Å². The number of para-hydroxylation sites is 1. The second-order valence-electron chi connectivity index (χ2n) is 17.4. The molecule has 0 bridgehead atoms. The number of hydrogen-bond donors (Lipinski definition) is 0. The Labute approximate surface area is 357 Å². The average Bonchev–Trinajstić information content (AvgIpc) is 4.05. The van der Waals surface area contributed by atoms with Crippen molar-refractivity contribution in [3.05, 3.63) is 257 Å². The van der Waals surface area contributed by atoms with Crippen molar-refractivity contribution >= 4 is 54.5 Å². The van der Waals surface area contributed by atoms with Crippen molar-refractivity contribution in [1.29, 1.82) is 0 Å². The maximum atomic E-state index is 6.40. The van der Waals surface area contributed by atoms with Crippen molar-refractivity contribution in [2.75, 3.05) is 0 Å². The summed E-state index contributed by atoms with van der Waals surface area (Å²) in [4.78, 5) is 0. The van der Waals surface area contributed by atoms with Gasteiger partial charge in [-0.05, 0) is 120 Å². The number of nitrogens with zero attached hydrogens (tertiary/aromatic N) is 1. The second-order valence-corrected chi connectivity index (χ2v) is 17.4. The van der Waals surface area contributed by atoms with Crippen LogP contribution in [0.15, 0.2) is 217 Å². The van der Waals surface area contributed by atoms with E-state index in [9.17, 15) is 0 Å². The van der Waals surface area contributed by atoms with E-state index in [-0.39, 0.29) is 0 Å². The van der Waals surface area contributed by atoms with E-state index in [2.05, 4.69) is 211 Å². The van der Waals surface area contributed by atoms with E-state index in [0.29, 0.717) is 0 Å². The number of aromatic nitrogens is 1. The van der Waals surface area contributed by atoms with Gasteiger partial charge in [0, 0.05) is 27.2 Å². The number of hydrogen-bond acceptors (Lipinski definition) is 1. The molecule has 0 saturated heterocycles. The van der Waals surface area contributed by atoms with Crippen molar-refractivity contribution in [3.8, 4) is 27.9 Å². The average molecular weight is 786 g/mol. The molecule has 3 aliphatic carbocycles. The van der Waals surface area contributed by atoms with Crippen LogP contribution < -0.4 is 0 Å². The van der Waals surface area contributed by atoms with Crippen LogP contribution in [0, 0.1) is 0 Å². The zero-order valence-electron chi connectivity index (χ0n) is 33.6. The molecule has 62 heavy (non-hydrogen) atoms. The maximum Gasteiger partial charge on any atom is 0.135 e. The van der Waals surface area contributed by atoms with E-state index in [1.165, 1.54) is 99.3 Å². The highest BCUT2D eigenvalue weighted by molar-refractivity contribution is 6.22. The lowest BCUT2D eigenvalue weighted by atomic mass is 9.52. The summed E-state index contributed by atoms with van der Waals surface area (Å²) in [5.74, 6) is 0. The Hall–Kier alpha value is -7.94. The molecule has 0 aliphatic heterocycles. The number of benzene rings is 10. The highest BCUT2D eigenvalue weighted by Gasteiger charge is 2.59. The minimum atomic E-state index is -0.584. The van der Waals surface area contributed by atoms with Gasteiger partial charge < -0.3 is 8.98 Å². The van der Waals surface area contributed by atoms with Crippen LogP contribution in [0.2, 0.25) is 0 Å². The van der Waals surface area contributed by atoms with Gasteiger partial charge in [0.2, 0.25) is 0 Å². The third kappa shape index (κ3) is 3.72. The lowest BCUT2D eigenvalue weighted by Gasteiger charge is -2.49. The smallest absolute Gasteiger partial charge is 0.135 e. The normalized spacial score (nSPS) is 14.7. The predicted octanol–water partition coefficient (Wildman–Crippen LogP) is 14.9. The molecule has 0 fully saturated rings. The largest absolute Gasteiger partial charge is 0.456 e. The molecular formula is C60H35NO. The van der Waals surface area contributed by atoms with Gasteiger partial charge in [0.05, 0.1) is 21.9 Å². The molecule has 2 heterocycles. The zero-order valence-corrected chi connectivity index (χ0v) is 33.6. The standard InChI is InChI=1S/C60H35NO/c1-2-16-38-36(15-1)29-31-54-58(38)45-34-52-53(35-55(45)61(54)37-30-32-57-44(33-37)43-21-7-14-28-56(43)62-57)60(48-24-10-5-19-41(48)42-20-6-11-25-49(42)60)51-27-13-12-26-50(51)59(52)46-22-8-3-17-39(46)40-18-4-9-23-47(40)59/h1-35H. The van der Waals surface area contributed by atoms with Gasteiger partial charge in [0.1, 0.15) is 11.2 Å². The monoisotopic (exact) mass is 785 g/mol. The summed E-state index contributed by atoms with van der Waals surface area (Å²) < 4.78 is 8.93. The fourth-order valence-corrected chi connectivity index (χ4v) is 12.6. The van der Waals surface area contributed by atoms with Gasteiger partial charge in [-0.1, -0.05) is 170 Å². The van der Waals surface area contributed by atoms with Crippen molar-refractivity contribution in [2.45, 2.75) is 10.8 Å². The topological polar surface area (TPSA) is 18.1 Å². The molecule has 2 aromatic heterocycles. The van der Waals surface area contributed by atoms with Gasteiger partial charge >= 0.3 is 0 Å². The fraction of sp³-hybridized carbons (Fsp3) is 0.0333. The summed E-state index contributed by atoms with van der Waals surface area (Å²) in [5, 5.41) is 7.26. The Balaban J connectivity index is 1.19. The summed E-state index contributed by atoms with van der Waals surface area (Å²) in [7, 11) is 0. The molecule has 12 aromatic rings. The SMILES string of the molecule is c1ccc2c(c1)-c1ccccc1C21c2ccccc2C2(c3ccccc3-c3ccccc32)c2cc3c(cc21)c1c2ccccc2ccc1n3-c1ccc2oc3ccccc3c2c1. The highest BCUT2D eigenvalue weighted by Crippen LogP contribution is 2.68. The van der Waals surface area contributed by atoms with Crippen LogP contribution in [-0.4, -0.2) is 4.57 Å². The summed E-state index contributed by atoms with van der Waals surface area (Å²) in [6.45, 7) is 0. The van der Waals surface area contributed by atoms with Gasteiger partial charge in [0.25, 0.3) is 0 Å². The molecule has 15 rings (SSSR count). The first-order valence-electron chi connectivity index (χ1n) is 21.7. The Morgan fingerprint density at radius 1 is 0.306 bits per heavy atom. The quantitative estimate of drug-likeness (QED) is 0.162. The zero-order chi connectivity index (χ0) is 40.3. The van der Waals surface area contributed by atoms with Gasteiger partial charge in [0.15, 0.2) is 0 Å². The minimum absolute atomic E-state index is 0.571. The van der Waals surface area contributed by atoms with Gasteiger partial charge in [-0.25, -0.2) is 0 Å². The third-order valence-corrected chi connectivity index (χ3v) is 14.9. The van der Waals surface area contributed by atoms with Crippen LogP contribution in [0.1, 0.15) is 44.5 Å². The first-order chi connectivity index (χ1) is 30.8. The van der Waals surface area contributed by atoms with Crippen molar-refractivity contribution in [1.82, 2.24) is 4.57 Å². The third-order valence-electron chi connectivity index (χ3n) is 14.9. The molecule has 0 radical (unpaired) electrons. The summed E-state index contributed by atoms with van der Waals surface area (Å²) in [6.07, 6.45) is 0. The molecule has 0 atom stereocenters. The predicted molar refractivity (Wildman–Crippen MR) is 254 cm³/mol. The lowest BCUT2D eigenvalue weighted by Crippen LogP contribution is -2.43. The van der Waals surface area contributed by atoms with Crippen molar-refractivity contribution in [3.63, 3.8) is 0 Å². The molecule has 0 amide bonds. The fourth-order valence-electron chi connectivity index (χ4n) is 12.6. The van der Waals surface area contributed by atoms with Crippen LogP contribution in [0.25, 0.3) is 82.5 Å². The first kappa shape index (κ1) is 32.9. The van der Waals surface area contributed by atoms with Gasteiger partial charge in [-0.3, -0.25) is 0 Å². The van der Waals surface area contributed by atoms with Crippen molar-refractivity contribution < 1.29 is 4.42 Å².